The number of benzene rings is 1. The Morgan fingerprint density at radius 2 is 2.30 bits per heavy atom. The number of nitrogens with zero attached hydrogens (tertiary/aromatic N) is 1. The first-order valence-corrected chi connectivity index (χ1v) is 7.90. The lowest BCUT2D eigenvalue weighted by Crippen LogP contribution is -2.28. The molecule has 0 radical (unpaired) electrons. The van der Waals surface area contributed by atoms with Gasteiger partial charge in [0.25, 0.3) is 0 Å². The summed E-state index contributed by atoms with van der Waals surface area (Å²) in [5.41, 5.74) is 1.07. The van der Waals surface area contributed by atoms with Crippen LogP contribution in [0, 0.1) is 11.7 Å². The second-order valence-corrected chi connectivity index (χ2v) is 6.04. The summed E-state index contributed by atoms with van der Waals surface area (Å²) in [6, 6.07) is 7.29. The summed E-state index contributed by atoms with van der Waals surface area (Å²) >= 11 is 0. The molecule has 0 amide bonds. The average molecular weight is 278 g/mol. The molecule has 0 spiro atoms. The van der Waals surface area contributed by atoms with Crippen molar-refractivity contribution in [1.82, 2.24) is 10.2 Å². The fourth-order valence-corrected chi connectivity index (χ4v) is 2.97. The third-order valence-corrected chi connectivity index (χ3v) is 4.13. The van der Waals surface area contributed by atoms with Crippen LogP contribution in [0.25, 0.3) is 0 Å². The van der Waals surface area contributed by atoms with E-state index in [4.69, 9.17) is 0 Å². The maximum atomic E-state index is 13.4. The van der Waals surface area contributed by atoms with E-state index in [9.17, 15) is 4.39 Å². The van der Waals surface area contributed by atoms with Crippen molar-refractivity contribution in [1.29, 1.82) is 0 Å². The molecule has 0 aromatic heterocycles. The molecule has 1 aliphatic heterocycles. The van der Waals surface area contributed by atoms with Crippen molar-refractivity contribution in [3.63, 3.8) is 0 Å². The van der Waals surface area contributed by atoms with Crippen LogP contribution < -0.4 is 5.32 Å². The summed E-state index contributed by atoms with van der Waals surface area (Å²) in [5, 5.41) is 3.55. The molecule has 1 saturated heterocycles. The van der Waals surface area contributed by atoms with E-state index in [1.165, 1.54) is 25.6 Å². The van der Waals surface area contributed by atoms with Crippen LogP contribution >= 0.6 is 0 Å². The van der Waals surface area contributed by atoms with Crippen LogP contribution in [0.4, 0.5) is 4.39 Å². The minimum Gasteiger partial charge on any atom is -0.310 e. The smallest absolute Gasteiger partial charge is 0.123 e. The quantitative estimate of drug-likeness (QED) is 0.820. The van der Waals surface area contributed by atoms with Crippen LogP contribution in [0.5, 0.6) is 0 Å². The summed E-state index contributed by atoms with van der Waals surface area (Å²) in [6.45, 7) is 8.99. The lowest BCUT2D eigenvalue weighted by atomic mass is 10.0. The number of rotatable bonds is 7. The van der Waals surface area contributed by atoms with Crippen molar-refractivity contribution in [2.45, 2.75) is 39.2 Å². The fraction of sp³-hybridized carbons (Fsp3) is 0.647. The van der Waals surface area contributed by atoms with Crippen LogP contribution in [0.2, 0.25) is 0 Å². The summed E-state index contributed by atoms with van der Waals surface area (Å²) in [6.07, 6.45) is 3.47. The largest absolute Gasteiger partial charge is 0.310 e. The van der Waals surface area contributed by atoms with Crippen molar-refractivity contribution in [3.05, 3.63) is 35.6 Å². The van der Waals surface area contributed by atoms with Crippen molar-refractivity contribution < 1.29 is 4.39 Å². The zero-order valence-electron chi connectivity index (χ0n) is 12.7. The first kappa shape index (κ1) is 15.5. The lowest BCUT2D eigenvalue weighted by molar-refractivity contribution is 0.301. The van der Waals surface area contributed by atoms with Gasteiger partial charge in [-0.05, 0) is 62.5 Å². The molecule has 0 bridgehead atoms. The maximum Gasteiger partial charge on any atom is 0.123 e. The minimum absolute atomic E-state index is 0.138. The van der Waals surface area contributed by atoms with Crippen LogP contribution in [-0.2, 0) is 0 Å². The lowest BCUT2D eigenvalue weighted by Gasteiger charge is -2.23. The molecule has 0 saturated carbocycles. The van der Waals surface area contributed by atoms with Gasteiger partial charge in [-0.3, -0.25) is 0 Å². The molecule has 0 aliphatic carbocycles. The highest BCUT2D eigenvalue weighted by Gasteiger charge is 2.20. The Labute approximate surface area is 122 Å². The van der Waals surface area contributed by atoms with E-state index >= 15 is 0 Å². The highest BCUT2D eigenvalue weighted by Crippen LogP contribution is 2.21. The molecular weight excluding hydrogens is 251 g/mol. The molecule has 1 aliphatic rings. The van der Waals surface area contributed by atoms with E-state index in [0.717, 1.165) is 37.4 Å². The highest BCUT2D eigenvalue weighted by atomic mass is 19.1. The van der Waals surface area contributed by atoms with Crippen molar-refractivity contribution in [2.75, 3.05) is 26.2 Å². The van der Waals surface area contributed by atoms with E-state index < -0.39 is 0 Å². The van der Waals surface area contributed by atoms with Crippen LogP contribution in [0.3, 0.4) is 0 Å². The van der Waals surface area contributed by atoms with Gasteiger partial charge in [-0.1, -0.05) is 26.0 Å². The summed E-state index contributed by atoms with van der Waals surface area (Å²) < 4.78 is 13.4. The second kappa shape index (κ2) is 7.75. The Balaban J connectivity index is 1.93. The standard InChI is InChI=1S/C17H27FN2/c1-3-9-19-17(15-5-4-6-16(18)12-15)8-11-20-10-7-14(2)13-20/h4-6,12,14,17,19H,3,7-11,13H2,1-2H3. The number of likely N-dealkylation sites (tertiary alicyclic amines) is 1. The molecule has 3 heteroatoms. The van der Waals surface area contributed by atoms with Gasteiger partial charge in [0.05, 0.1) is 0 Å². The van der Waals surface area contributed by atoms with Crippen molar-refractivity contribution in [3.8, 4) is 0 Å². The summed E-state index contributed by atoms with van der Waals surface area (Å²) in [7, 11) is 0. The predicted molar refractivity (Wildman–Crippen MR) is 82.3 cm³/mol. The molecule has 1 aromatic rings. The maximum absolute atomic E-state index is 13.4. The number of nitrogens with one attached hydrogen (secondary N) is 1. The monoisotopic (exact) mass is 278 g/mol. The van der Waals surface area contributed by atoms with Gasteiger partial charge in [0.15, 0.2) is 0 Å². The first-order valence-electron chi connectivity index (χ1n) is 7.90. The van der Waals surface area contributed by atoms with Crippen molar-refractivity contribution in [2.24, 2.45) is 5.92 Å². The molecule has 2 rings (SSSR count). The summed E-state index contributed by atoms with van der Waals surface area (Å²) in [5.74, 6) is 0.687. The highest BCUT2D eigenvalue weighted by molar-refractivity contribution is 5.20. The van der Waals surface area contributed by atoms with Crippen LogP contribution in [0.1, 0.15) is 44.7 Å². The number of hydrogen-bond acceptors (Lipinski definition) is 2. The van der Waals surface area contributed by atoms with Gasteiger partial charge in [-0.25, -0.2) is 4.39 Å². The van der Waals surface area contributed by atoms with Gasteiger partial charge in [0.2, 0.25) is 0 Å². The normalized spacial score (nSPS) is 21.2. The number of halogens is 1. The van der Waals surface area contributed by atoms with Gasteiger partial charge >= 0.3 is 0 Å². The molecule has 1 fully saturated rings. The number of hydrogen-bond donors (Lipinski definition) is 1. The fourth-order valence-electron chi connectivity index (χ4n) is 2.97. The summed E-state index contributed by atoms with van der Waals surface area (Å²) in [4.78, 5) is 2.53. The molecule has 1 aromatic carbocycles. The molecule has 1 N–H and O–H groups in total. The zero-order chi connectivity index (χ0) is 14.4. The van der Waals surface area contributed by atoms with E-state index in [1.54, 1.807) is 6.07 Å². The zero-order valence-corrected chi connectivity index (χ0v) is 12.7. The Bertz CT molecular complexity index is 408. The predicted octanol–water partition coefficient (Wildman–Crippen LogP) is 3.60. The van der Waals surface area contributed by atoms with Gasteiger partial charge in [-0.2, -0.15) is 0 Å². The van der Waals surface area contributed by atoms with Crippen LogP contribution in [0.15, 0.2) is 24.3 Å². The van der Waals surface area contributed by atoms with Gasteiger partial charge in [-0.15, -0.1) is 0 Å². The molecule has 2 nitrogen and oxygen atoms in total. The average Bonchev–Trinajstić information content (AvgIpc) is 2.85. The molecule has 112 valence electrons. The van der Waals surface area contributed by atoms with Crippen molar-refractivity contribution >= 4 is 0 Å². The Morgan fingerprint density at radius 3 is 2.95 bits per heavy atom. The molecule has 1 heterocycles. The first-order chi connectivity index (χ1) is 9.69. The molecule has 2 unspecified atom stereocenters. The van der Waals surface area contributed by atoms with Gasteiger partial charge < -0.3 is 10.2 Å². The minimum atomic E-state index is -0.138. The SMILES string of the molecule is CCCNC(CCN1CCC(C)C1)c1cccc(F)c1. The topological polar surface area (TPSA) is 15.3 Å². The van der Waals surface area contributed by atoms with E-state index in [-0.39, 0.29) is 11.9 Å². The second-order valence-electron chi connectivity index (χ2n) is 6.04. The molecular formula is C17H27FN2. The third kappa shape index (κ3) is 4.57. The van der Waals surface area contributed by atoms with Gasteiger partial charge in [0, 0.05) is 12.6 Å². The van der Waals surface area contributed by atoms with E-state index in [2.05, 4.69) is 24.1 Å². The van der Waals surface area contributed by atoms with Crippen LogP contribution in [-0.4, -0.2) is 31.1 Å². The Kier molecular flexibility index (Phi) is 5.99. The Morgan fingerprint density at radius 1 is 1.45 bits per heavy atom. The van der Waals surface area contributed by atoms with E-state index in [1.807, 2.05) is 12.1 Å². The molecule has 20 heavy (non-hydrogen) atoms. The van der Waals surface area contributed by atoms with Gasteiger partial charge in [0.1, 0.15) is 5.82 Å². The Hall–Kier alpha value is -0.930. The third-order valence-electron chi connectivity index (χ3n) is 4.13. The van der Waals surface area contributed by atoms with E-state index in [0.29, 0.717) is 0 Å². The molecule has 2 atom stereocenters.